The molecular formula is C26H17N3. The van der Waals surface area contributed by atoms with Gasteiger partial charge in [0.1, 0.15) is 0 Å². The van der Waals surface area contributed by atoms with Gasteiger partial charge in [-0.05, 0) is 38.7 Å². The van der Waals surface area contributed by atoms with E-state index >= 15 is 0 Å². The van der Waals surface area contributed by atoms with Crippen LogP contribution < -0.4 is 0 Å². The molecule has 0 bridgehead atoms. The summed E-state index contributed by atoms with van der Waals surface area (Å²) in [6.45, 7) is 0. The highest BCUT2D eigenvalue weighted by Crippen LogP contribution is 2.43. The fourth-order valence-corrected chi connectivity index (χ4v) is 4.29. The highest BCUT2D eigenvalue weighted by atomic mass is 15.2. The Labute approximate surface area is 167 Å². The topological polar surface area (TPSA) is 30.2 Å². The van der Waals surface area contributed by atoms with Gasteiger partial charge in [0.25, 0.3) is 0 Å². The molecule has 3 heteroatoms. The predicted molar refractivity (Wildman–Crippen MR) is 119 cm³/mol. The Morgan fingerprint density at radius 1 is 0.621 bits per heavy atom. The second-order valence-electron chi connectivity index (χ2n) is 7.18. The van der Waals surface area contributed by atoms with E-state index in [1.54, 1.807) is 6.20 Å². The lowest BCUT2D eigenvalue weighted by Crippen LogP contribution is -1.91. The van der Waals surface area contributed by atoms with Crippen LogP contribution in [0, 0.1) is 0 Å². The second kappa shape index (κ2) is 6.28. The Morgan fingerprint density at radius 3 is 1.83 bits per heavy atom. The molecule has 3 nitrogen and oxygen atoms in total. The first kappa shape index (κ1) is 16.0. The number of aromatic nitrogens is 3. The van der Waals surface area contributed by atoms with E-state index in [1.807, 2.05) is 16.9 Å². The average molecular weight is 371 g/mol. The first-order chi connectivity index (χ1) is 14.4. The molecule has 0 saturated heterocycles. The molecule has 2 heterocycles. The number of fused-ring (bicyclic) bond motifs is 3. The molecule has 0 aliphatic rings. The van der Waals surface area contributed by atoms with Crippen molar-refractivity contribution >= 4 is 27.1 Å². The minimum atomic E-state index is 0.963. The highest BCUT2D eigenvalue weighted by molar-refractivity contribution is 6.21. The summed E-state index contributed by atoms with van der Waals surface area (Å²) in [5.74, 6) is 0. The zero-order valence-corrected chi connectivity index (χ0v) is 15.7. The monoisotopic (exact) mass is 371 g/mol. The minimum absolute atomic E-state index is 0.963. The van der Waals surface area contributed by atoms with E-state index in [2.05, 4.69) is 89.9 Å². The molecule has 0 saturated carbocycles. The molecule has 6 rings (SSSR count). The van der Waals surface area contributed by atoms with Crippen molar-refractivity contribution in [2.45, 2.75) is 0 Å². The lowest BCUT2D eigenvalue weighted by atomic mass is 9.87. The molecule has 0 amide bonds. The third-order valence-electron chi connectivity index (χ3n) is 5.52. The van der Waals surface area contributed by atoms with E-state index < -0.39 is 0 Å². The third kappa shape index (κ3) is 2.44. The Hall–Kier alpha value is -3.98. The maximum Gasteiger partial charge on any atom is 0.0946 e. The summed E-state index contributed by atoms with van der Waals surface area (Å²) >= 11 is 0. The van der Waals surface area contributed by atoms with Crippen molar-refractivity contribution in [2.24, 2.45) is 0 Å². The molecule has 0 atom stereocenters. The van der Waals surface area contributed by atoms with E-state index in [4.69, 9.17) is 5.10 Å². The van der Waals surface area contributed by atoms with Gasteiger partial charge in [0.15, 0.2) is 0 Å². The summed E-state index contributed by atoms with van der Waals surface area (Å²) in [4.78, 5) is 4.24. The van der Waals surface area contributed by atoms with Crippen LogP contribution in [0.2, 0.25) is 0 Å². The van der Waals surface area contributed by atoms with Crippen LogP contribution >= 0.6 is 0 Å². The molecule has 0 aliphatic carbocycles. The standard InChI is InChI=1S/C26H17N3/c1-2-8-18(9-3-1)25-20-10-4-6-12-22(20)26(23-13-7-5-11-21(23)25)24-16-19-17-27-14-15-29(19)28-24/h1-17H. The molecule has 0 aliphatic heterocycles. The summed E-state index contributed by atoms with van der Waals surface area (Å²) < 4.78 is 1.89. The van der Waals surface area contributed by atoms with Gasteiger partial charge in [-0.3, -0.25) is 4.98 Å². The Balaban J connectivity index is 1.81. The third-order valence-corrected chi connectivity index (χ3v) is 5.52. The molecule has 6 aromatic rings. The molecule has 0 unspecified atom stereocenters. The maximum atomic E-state index is 4.86. The summed E-state index contributed by atoms with van der Waals surface area (Å²) in [5, 5.41) is 9.76. The van der Waals surface area contributed by atoms with Crippen LogP contribution in [-0.2, 0) is 0 Å². The number of benzene rings is 4. The van der Waals surface area contributed by atoms with E-state index in [0.717, 1.165) is 11.2 Å². The predicted octanol–water partition coefficient (Wildman–Crippen LogP) is 6.37. The van der Waals surface area contributed by atoms with Crippen LogP contribution in [-0.4, -0.2) is 14.6 Å². The number of hydrogen-bond donors (Lipinski definition) is 0. The van der Waals surface area contributed by atoms with Gasteiger partial charge in [-0.25, -0.2) is 4.52 Å². The molecule has 29 heavy (non-hydrogen) atoms. The highest BCUT2D eigenvalue weighted by Gasteiger charge is 2.17. The van der Waals surface area contributed by atoms with E-state index in [1.165, 1.54) is 38.2 Å². The lowest BCUT2D eigenvalue weighted by molar-refractivity contribution is 0.951. The summed E-state index contributed by atoms with van der Waals surface area (Å²) in [6, 6.07) is 30.0. The van der Waals surface area contributed by atoms with Gasteiger partial charge in [0.05, 0.1) is 17.4 Å². The van der Waals surface area contributed by atoms with Crippen molar-refractivity contribution in [3.63, 3.8) is 0 Å². The molecule has 0 radical (unpaired) electrons. The first-order valence-corrected chi connectivity index (χ1v) is 9.69. The van der Waals surface area contributed by atoms with Crippen molar-refractivity contribution in [2.75, 3.05) is 0 Å². The fraction of sp³-hybridized carbons (Fsp3) is 0. The normalized spacial score (nSPS) is 11.4. The summed E-state index contributed by atoms with van der Waals surface area (Å²) in [7, 11) is 0. The van der Waals surface area contributed by atoms with Gasteiger partial charge in [-0.15, -0.1) is 0 Å². The Morgan fingerprint density at radius 2 is 1.21 bits per heavy atom. The van der Waals surface area contributed by atoms with Gasteiger partial charge in [-0.1, -0.05) is 78.9 Å². The van der Waals surface area contributed by atoms with Gasteiger partial charge in [0.2, 0.25) is 0 Å². The molecule has 4 aromatic carbocycles. The molecule has 2 aromatic heterocycles. The smallest absolute Gasteiger partial charge is 0.0946 e. The number of rotatable bonds is 2. The van der Waals surface area contributed by atoms with Gasteiger partial charge in [0, 0.05) is 18.0 Å². The van der Waals surface area contributed by atoms with Gasteiger partial charge >= 0.3 is 0 Å². The molecule has 0 spiro atoms. The van der Waals surface area contributed by atoms with Crippen LogP contribution in [0.25, 0.3) is 49.4 Å². The van der Waals surface area contributed by atoms with E-state index in [0.29, 0.717) is 0 Å². The van der Waals surface area contributed by atoms with Crippen LogP contribution in [0.1, 0.15) is 0 Å². The molecule has 136 valence electrons. The lowest BCUT2D eigenvalue weighted by Gasteiger charge is -2.16. The quantitative estimate of drug-likeness (QED) is 0.331. The first-order valence-electron chi connectivity index (χ1n) is 9.69. The zero-order chi connectivity index (χ0) is 19.2. The van der Waals surface area contributed by atoms with Crippen molar-refractivity contribution in [1.82, 2.24) is 14.6 Å². The van der Waals surface area contributed by atoms with Crippen LogP contribution in [0.15, 0.2) is 104 Å². The van der Waals surface area contributed by atoms with Crippen molar-refractivity contribution < 1.29 is 0 Å². The van der Waals surface area contributed by atoms with Crippen molar-refractivity contribution in [3.05, 3.63) is 104 Å². The Kier molecular flexibility index (Phi) is 3.47. The number of hydrogen-bond acceptors (Lipinski definition) is 2. The average Bonchev–Trinajstić information content (AvgIpc) is 3.21. The SMILES string of the molecule is c1ccc(-c2c3ccccc3c(-c3cc4cnccn4n3)c3ccccc23)cc1. The number of nitrogens with zero attached hydrogens (tertiary/aromatic N) is 3. The van der Waals surface area contributed by atoms with E-state index in [9.17, 15) is 0 Å². The van der Waals surface area contributed by atoms with Crippen molar-refractivity contribution in [1.29, 1.82) is 0 Å². The molecule has 0 N–H and O–H groups in total. The zero-order valence-electron chi connectivity index (χ0n) is 15.7. The Bertz CT molecular complexity index is 1410. The minimum Gasteiger partial charge on any atom is -0.261 e. The molecule has 0 fully saturated rings. The van der Waals surface area contributed by atoms with Crippen LogP contribution in [0.4, 0.5) is 0 Å². The maximum absolute atomic E-state index is 4.86. The summed E-state index contributed by atoms with van der Waals surface area (Å²) in [5.41, 5.74) is 5.61. The van der Waals surface area contributed by atoms with Gasteiger partial charge in [-0.2, -0.15) is 5.10 Å². The van der Waals surface area contributed by atoms with Gasteiger partial charge < -0.3 is 0 Å². The van der Waals surface area contributed by atoms with Crippen molar-refractivity contribution in [3.8, 4) is 22.4 Å². The van der Waals surface area contributed by atoms with Crippen LogP contribution in [0.5, 0.6) is 0 Å². The largest absolute Gasteiger partial charge is 0.261 e. The fourth-order valence-electron chi connectivity index (χ4n) is 4.29. The van der Waals surface area contributed by atoms with Crippen LogP contribution in [0.3, 0.4) is 0 Å². The molecular weight excluding hydrogens is 354 g/mol. The second-order valence-corrected chi connectivity index (χ2v) is 7.18. The summed E-state index contributed by atoms with van der Waals surface area (Å²) in [6.07, 6.45) is 5.50. The van der Waals surface area contributed by atoms with E-state index in [-0.39, 0.29) is 0 Å².